The van der Waals surface area contributed by atoms with Gasteiger partial charge in [0.15, 0.2) is 5.75 Å². The van der Waals surface area contributed by atoms with Crippen molar-refractivity contribution in [2.75, 3.05) is 13.1 Å². The molecule has 22 heavy (non-hydrogen) atoms. The number of hydrogen-bond acceptors (Lipinski definition) is 6. The molecule has 1 aliphatic heterocycles. The molecule has 1 aliphatic rings. The van der Waals surface area contributed by atoms with E-state index in [1.807, 2.05) is 0 Å². The summed E-state index contributed by atoms with van der Waals surface area (Å²) in [6.45, 7) is -0.0202. The molecule has 0 radical (unpaired) electrons. The summed E-state index contributed by atoms with van der Waals surface area (Å²) < 4.78 is 30.1. The van der Waals surface area contributed by atoms with Crippen molar-refractivity contribution in [2.45, 2.75) is 12.8 Å². The number of benzene rings is 1. The van der Waals surface area contributed by atoms with E-state index in [2.05, 4.69) is 0 Å². The number of hydrogen-bond donors (Lipinski definition) is 1. The SMILES string of the molecule is O=C(O)C1CCCN(S(=O)(=O)Oc2cccc([N+](=O)[O-])c2)C1. The molecule has 0 saturated carbocycles. The summed E-state index contributed by atoms with van der Waals surface area (Å²) in [7, 11) is -4.20. The molecule has 1 fully saturated rings. The van der Waals surface area contributed by atoms with Gasteiger partial charge in [-0.2, -0.15) is 12.7 Å². The second-order valence-electron chi connectivity index (χ2n) is 4.83. The van der Waals surface area contributed by atoms with E-state index in [0.29, 0.717) is 12.8 Å². The van der Waals surface area contributed by atoms with Gasteiger partial charge in [0, 0.05) is 19.2 Å². The fourth-order valence-electron chi connectivity index (χ4n) is 2.17. The van der Waals surface area contributed by atoms with Crippen LogP contribution in [0.5, 0.6) is 5.75 Å². The van der Waals surface area contributed by atoms with Crippen LogP contribution in [0.1, 0.15) is 12.8 Å². The first-order valence-electron chi connectivity index (χ1n) is 6.46. The zero-order valence-corrected chi connectivity index (χ0v) is 12.2. The molecule has 0 amide bonds. The van der Waals surface area contributed by atoms with Crippen molar-refractivity contribution in [3.05, 3.63) is 34.4 Å². The number of nitro benzene ring substituents is 1. The maximum absolute atomic E-state index is 12.1. The van der Waals surface area contributed by atoms with Crippen LogP contribution in [0.2, 0.25) is 0 Å². The van der Waals surface area contributed by atoms with Crippen LogP contribution in [0.25, 0.3) is 0 Å². The molecule has 0 aliphatic carbocycles. The first-order chi connectivity index (χ1) is 10.3. The number of rotatable bonds is 5. The highest BCUT2D eigenvalue weighted by Crippen LogP contribution is 2.24. The average molecular weight is 330 g/mol. The van der Waals surface area contributed by atoms with E-state index >= 15 is 0 Å². The normalized spacial score (nSPS) is 19.5. The summed E-state index contributed by atoms with van der Waals surface area (Å²) in [5, 5.41) is 19.6. The summed E-state index contributed by atoms with van der Waals surface area (Å²) >= 11 is 0. The lowest BCUT2D eigenvalue weighted by Crippen LogP contribution is -2.44. The number of carbonyl (C=O) groups is 1. The first-order valence-corrected chi connectivity index (χ1v) is 7.83. The molecule has 10 heteroatoms. The fourth-order valence-corrected chi connectivity index (χ4v) is 3.34. The van der Waals surface area contributed by atoms with E-state index in [-0.39, 0.29) is 24.5 Å². The van der Waals surface area contributed by atoms with Crippen molar-refractivity contribution >= 4 is 22.0 Å². The van der Waals surface area contributed by atoms with Crippen molar-refractivity contribution in [3.63, 3.8) is 0 Å². The molecule has 1 unspecified atom stereocenters. The van der Waals surface area contributed by atoms with Gasteiger partial charge in [-0.25, -0.2) is 0 Å². The predicted octanol–water partition coefficient (Wildman–Crippen LogP) is 1.01. The molecule has 0 aromatic heterocycles. The number of carboxylic acids is 1. The van der Waals surface area contributed by atoms with E-state index in [9.17, 15) is 23.3 Å². The molecule has 0 bridgehead atoms. The Bertz CT molecular complexity index is 688. The van der Waals surface area contributed by atoms with Gasteiger partial charge >= 0.3 is 16.3 Å². The molecule has 1 heterocycles. The van der Waals surface area contributed by atoms with Crippen molar-refractivity contribution in [2.24, 2.45) is 5.92 Å². The Kier molecular flexibility index (Phi) is 4.62. The van der Waals surface area contributed by atoms with Crippen LogP contribution in [0.3, 0.4) is 0 Å². The standard InChI is InChI=1S/C12H14N2O7S/c15-12(16)9-3-2-6-13(8-9)22(19,20)21-11-5-1-4-10(7-11)14(17)18/h1,4-5,7,9H,2-3,6,8H2,(H,15,16). The Morgan fingerprint density at radius 1 is 1.45 bits per heavy atom. The number of nitro groups is 1. The smallest absolute Gasteiger partial charge is 0.385 e. The van der Waals surface area contributed by atoms with E-state index in [1.165, 1.54) is 18.2 Å². The number of carboxylic acid groups (broad SMARTS) is 1. The minimum Gasteiger partial charge on any atom is -0.481 e. The highest BCUT2D eigenvalue weighted by molar-refractivity contribution is 7.84. The third kappa shape index (κ3) is 3.71. The molecular formula is C12H14N2O7S. The maximum Gasteiger partial charge on any atom is 0.385 e. The van der Waals surface area contributed by atoms with Crippen molar-refractivity contribution in [1.29, 1.82) is 0 Å². The Morgan fingerprint density at radius 3 is 2.82 bits per heavy atom. The number of piperidine rings is 1. The largest absolute Gasteiger partial charge is 0.481 e. The first kappa shape index (κ1) is 16.2. The Morgan fingerprint density at radius 2 is 2.18 bits per heavy atom. The molecule has 1 aromatic carbocycles. The molecule has 0 spiro atoms. The van der Waals surface area contributed by atoms with Crippen LogP contribution in [-0.2, 0) is 15.1 Å². The number of nitrogens with zero attached hydrogens (tertiary/aromatic N) is 2. The van der Waals surface area contributed by atoms with E-state index in [4.69, 9.17) is 9.29 Å². The van der Waals surface area contributed by atoms with Gasteiger partial charge in [0.2, 0.25) is 0 Å². The van der Waals surface area contributed by atoms with Crippen LogP contribution < -0.4 is 4.18 Å². The van der Waals surface area contributed by atoms with Crippen molar-refractivity contribution in [3.8, 4) is 5.75 Å². The van der Waals surface area contributed by atoms with Gasteiger partial charge in [-0.15, -0.1) is 0 Å². The summed E-state index contributed by atoms with van der Waals surface area (Å²) in [4.78, 5) is 21.0. The summed E-state index contributed by atoms with van der Waals surface area (Å²) in [6, 6.07) is 4.79. The highest BCUT2D eigenvalue weighted by Gasteiger charge is 2.33. The molecule has 9 nitrogen and oxygen atoms in total. The molecule has 1 saturated heterocycles. The number of non-ortho nitro benzene ring substituents is 1. The minimum atomic E-state index is -4.20. The summed E-state index contributed by atoms with van der Waals surface area (Å²) in [5.74, 6) is -2.03. The van der Waals surface area contributed by atoms with Crippen LogP contribution in [-0.4, -0.2) is 41.8 Å². The number of aliphatic carboxylic acids is 1. The summed E-state index contributed by atoms with van der Waals surface area (Å²) in [6.07, 6.45) is 0.812. The average Bonchev–Trinajstić information content (AvgIpc) is 2.47. The van der Waals surface area contributed by atoms with E-state index in [1.54, 1.807) is 0 Å². The second-order valence-corrected chi connectivity index (χ2v) is 6.37. The quantitative estimate of drug-likeness (QED) is 0.630. The molecule has 1 N–H and O–H groups in total. The van der Waals surface area contributed by atoms with Crippen molar-refractivity contribution in [1.82, 2.24) is 4.31 Å². The minimum absolute atomic E-state index is 0.154. The van der Waals surface area contributed by atoms with Gasteiger partial charge in [0.25, 0.3) is 5.69 Å². The Labute approximate surface area is 126 Å². The van der Waals surface area contributed by atoms with E-state index < -0.39 is 27.1 Å². The third-order valence-corrected chi connectivity index (χ3v) is 4.65. The maximum atomic E-state index is 12.1. The topological polar surface area (TPSA) is 127 Å². The molecule has 1 atom stereocenters. The zero-order valence-electron chi connectivity index (χ0n) is 11.4. The Balaban J connectivity index is 2.15. The fraction of sp³-hybridized carbons (Fsp3) is 0.417. The van der Waals surface area contributed by atoms with Gasteiger partial charge in [-0.1, -0.05) is 6.07 Å². The predicted molar refractivity (Wildman–Crippen MR) is 74.6 cm³/mol. The van der Waals surface area contributed by atoms with Crippen molar-refractivity contribution < 1.29 is 27.4 Å². The second kappa shape index (κ2) is 6.28. The third-order valence-electron chi connectivity index (χ3n) is 3.28. The van der Waals surface area contributed by atoms with Gasteiger partial charge in [0.1, 0.15) is 0 Å². The van der Waals surface area contributed by atoms with Gasteiger partial charge in [0.05, 0.1) is 16.9 Å². The lowest BCUT2D eigenvalue weighted by Gasteiger charge is -2.28. The van der Waals surface area contributed by atoms with Gasteiger partial charge < -0.3 is 9.29 Å². The zero-order chi connectivity index (χ0) is 16.3. The monoisotopic (exact) mass is 330 g/mol. The highest BCUT2D eigenvalue weighted by atomic mass is 32.2. The molecular weight excluding hydrogens is 316 g/mol. The van der Waals surface area contributed by atoms with Crippen LogP contribution >= 0.6 is 0 Å². The molecule has 2 rings (SSSR count). The van der Waals surface area contributed by atoms with E-state index in [0.717, 1.165) is 10.4 Å². The Hall–Kier alpha value is -2.20. The lowest BCUT2D eigenvalue weighted by atomic mass is 10.0. The summed E-state index contributed by atoms with van der Waals surface area (Å²) in [5.41, 5.74) is -0.297. The van der Waals surface area contributed by atoms with Crippen LogP contribution in [0.15, 0.2) is 24.3 Å². The molecule has 120 valence electrons. The van der Waals surface area contributed by atoms with Gasteiger partial charge in [-0.05, 0) is 18.9 Å². The van der Waals surface area contributed by atoms with Crippen LogP contribution in [0, 0.1) is 16.0 Å². The van der Waals surface area contributed by atoms with Crippen LogP contribution in [0.4, 0.5) is 5.69 Å². The molecule has 1 aromatic rings. The van der Waals surface area contributed by atoms with Gasteiger partial charge in [-0.3, -0.25) is 14.9 Å². The lowest BCUT2D eigenvalue weighted by molar-refractivity contribution is -0.384.